The maximum Gasteiger partial charge on any atom is 0.158 e. The molecule has 0 saturated heterocycles. The number of aromatic nitrogens is 3. The van der Waals surface area contributed by atoms with Crippen LogP contribution in [0.2, 0.25) is 0 Å². The highest BCUT2D eigenvalue weighted by molar-refractivity contribution is 5.84. The summed E-state index contributed by atoms with van der Waals surface area (Å²) in [6, 6.07) is 10.7. The molecular formula is C19H21N3. The van der Waals surface area contributed by atoms with Gasteiger partial charge in [0, 0.05) is 18.9 Å². The summed E-state index contributed by atoms with van der Waals surface area (Å²) in [6.07, 6.45) is 5.81. The van der Waals surface area contributed by atoms with Gasteiger partial charge in [0.25, 0.3) is 0 Å². The van der Waals surface area contributed by atoms with Gasteiger partial charge in [0.2, 0.25) is 0 Å². The SMILES string of the molecule is Cc1nn(C)c2nc(Cc3ccccc3)c3c(c12)CCCC3. The van der Waals surface area contributed by atoms with Gasteiger partial charge in [0.05, 0.1) is 11.4 Å². The van der Waals surface area contributed by atoms with Crippen LogP contribution in [0.4, 0.5) is 0 Å². The zero-order valence-electron chi connectivity index (χ0n) is 13.3. The Bertz CT molecular complexity index is 831. The summed E-state index contributed by atoms with van der Waals surface area (Å²) in [7, 11) is 2.00. The molecule has 1 aromatic carbocycles. The van der Waals surface area contributed by atoms with E-state index in [2.05, 4.69) is 42.4 Å². The van der Waals surface area contributed by atoms with Crippen molar-refractivity contribution in [3.63, 3.8) is 0 Å². The van der Waals surface area contributed by atoms with Crippen molar-refractivity contribution in [3.8, 4) is 0 Å². The molecule has 1 aliphatic carbocycles. The van der Waals surface area contributed by atoms with Gasteiger partial charge in [0.1, 0.15) is 0 Å². The van der Waals surface area contributed by atoms with Crippen LogP contribution in [-0.4, -0.2) is 14.8 Å². The fourth-order valence-electron chi connectivity index (χ4n) is 3.76. The molecule has 22 heavy (non-hydrogen) atoms. The minimum atomic E-state index is 0.920. The third kappa shape index (κ3) is 2.12. The van der Waals surface area contributed by atoms with E-state index in [1.807, 2.05) is 11.7 Å². The van der Waals surface area contributed by atoms with Gasteiger partial charge in [-0.25, -0.2) is 4.98 Å². The highest BCUT2D eigenvalue weighted by atomic mass is 15.3. The second-order valence-corrected chi connectivity index (χ2v) is 6.29. The van der Waals surface area contributed by atoms with E-state index in [0.717, 1.165) is 24.2 Å². The van der Waals surface area contributed by atoms with Gasteiger partial charge in [-0.2, -0.15) is 5.10 Å². The van der Waals surface area contributed by atoms with Crippen LogP contribution in [0.5, 0.6) is 0 Å². The minimum absolute atomic E-state index is 0.920. The van der Waals surface area contributed by atoms with Gasteiger partial charge in [-0.3, -0.25) is 4.68 Å². The molecule has 0 aliphatic heterocycles. The molecule has 2 aromatic heterocycles. The van der Waals surface area contributed by atoms with Crippen molar-refractivity contribution in [1.29, 1.82) is 0 Å². The largest absolute Gasteiger partial charge is 0.250 e. The lowest BCUT2D eigenvalue weighted by Gasteiger charge is -2.20. The van der Waals surface area contributed by atoms with E-state index in [9.17, 15) is 0 Å². The topological polar surface area (TPSA) is 30.7 Å². The number of pyridine rings is 1. The number of hydrogen-bond donors (Lipinski definition) is 0. The maximum absolute atomic E-state index is 5.00. The first-order valence-electron chi connectivity index (χ1n) is 8.12. The summed E-state index contributed by atoms with van der Waals surface area (Å²) < 4.78 is 1.94. The van der Waals surface area contributed by atoms with E-state index in [1.165, 1.54) is 47.0 Å². The summed E-state index contributed by atoms with van der Waals surface area (Å²) in [6.45, 7) is 2.11. The van der Waals surface area contributed by atoms with E-state index >= 15 is 0 Å². The molecule has 112 valence electrons. The van der Waals surface area contributed by atoms with Crippen LogP contribution in [0.25, 0.3) is 11.0 Å². The Balaban J connectivity index is 1.92. The summed E-state index contributed by atoms with van der Waals surface area (Å²) in [5.74, 6) is 0. The number of hydrogen-bond acceptors (Lipinski definition) is 2. The second-order valence-electron chi connectivity index (χ2n) is 6.29. The number of rotatable bonds is 2. The Morgan fingerprint density at radius 3 is 2.55 bits per heavy atom. The van der Waals surface area contributed by atoms with Crippen molar-refractivity contribution >= 4 is 11.0 Å². The third-order valence-corrected chi connectivity index (χ3v) is 4.77. The van der Waals surface area contributed by atoms with Crippen LogP contribution in [0.3, 0.4) is 0 Å². The normalized spacial score (nSPS) is 14.3. The number of nitrogens with zero attached hydrogens (tertiary/aromatic N) is 3. The van der Waals surface area contributed by atoms with Gasteiger partial charge in [-0.05, 0) is 49.3 Å². The predicted octanol–water partition coefficient (Wildman–Crippen LogP) is 3.75. The van der Waals surface area contributed by atoms with Crippen LogP contribution < -0.4 is 0 Å². The number of benzene rings is 1. The quantitative estimate of drug-likeness (QED) is 0.720. The summed E-state index contributed by atoms with van der Waals surface area (Å²) in [5, 5.41) is 5.90. The molecule has 4 rings (SSSR count). The highest BCUT2D eigenvalue weighted by Crippen LogP contribution is 2.32. The first-order chi connectivity index (χ1) is 10.7. The van der Waals surface area contributed by atoms with Crippen molar-refractivity contribution in [2.75, 3.05) is 0 Å². The first kappa shape index (κ1) is 13.5. The Morgan fingerprint density at radius 1 is 1.05 bits per heavy atom. The van der Waals surface area contributed by atoms with Gasteiger partial charge in [0.15, 0.2) is 5.65 Å². The lowest BCUT2D eigenvalue weighted by Crippen LogP contribution is -2.10. The molecule has 0 amide bonds. The summed E-state index contributed by atoms with van der Waals surface area (Å²) in [5.41, 5.74) is 7.74. The van der Waals surface area contributed by atoms with Crippen molar-refractivity contribution in [1.82, 2.24) is 14.8 Å². The van der Waals surface area contributed by atoms with Crippen LogP contribution in [0.15, 0.2) is 30.3 Å². The van der Waals surface area contributed by atoms with Crippen LogP contribution in [0.1, 0.15) is 40.9 Å². The standard InChI is InChI=1S/C19H21N3/c1-13-18-16-11-7-6-10-15(16)17(20-19(18)22(2)21-13)12-14-8-4-3-5-9-14/h3-5,8-9H,6-7,10-12H2,1-2H3. The van der Waals surface area contributed by atoms with E-state index in [1.54, 1.807) is 0 Å². The molecule has 1 aliphatic rings. The molecule has 0 saturated carbocycles. The molecule has 0 spiro atoms. The van der Waals surface area contributed by atoms with E-state index < -0.39 is 0 Å². The number of fused-ring (bicyclic) bond motifs is 3. The Labute approximate surface area is 131 Å². The fourth-order valence-corrected chi connectivity index (χ4v) is 3.76. The molecule has 0 unspecified atom stereocenters. The van der Waals surface area contributed by atoms with Gasteiger partial charge >= 0.3 is 0 Å². The Hall–Kier alpha value is -2.16. The van der Waals surface area contributed by atoms with Crippen molar-refractivity contribution < 1.29 is 0 Å². The monoisotopic (exact) mass is 291 g/mol. The predicted molar refractivity (Wildman–Crippen MR) is 89.1 cm³/mol. The zero-order valence-corrected chi connectivity index (χ0v) is 13.3. The van der Waals surface area contributed by atoms with E-state index in [4.69, 9.17) is 4.98 Å². The lowest BCUT2D eigenvalue weighted by molar-refractivity contribution is 0.679. The first-order valence-corrected chi connectivity index (χ1v) is 8.12. The summed E-state index contributed by atoms with van der Waals surface area (Å²) >= 11 is 0. The minimum Gasteiger partial charge on any atom is -0.250 e. The average molecular weight is 291 g/mol. The third-order valence-electron chi connectivity index (χ3n) is 4.77. The zero-order chi connectivity index (χ0) is 15.1. The molecule has 0 atom stereocenters. The lowest BCUT2D eigenvalue weighted by atomic mass is 9.87. The maximum atomic E-state index is 5.00. The molecule has 0 bridgehead atoms. The Kier molecular flexibility index (Phi) is 3.21. The summed E-state index contributed by atoms with van der Waals surface area (Å²) in [4.78, 5) is 5.00. The molecule has 3 heteroatoms. The van der Waals surface area contributed by atoms with Gasteiger partial charge in [-0.15, -0.1) is 0 Å². The molecule has 0 fully saturated rings. The Morgan fingerprint density at radius 2 is 1.77 bits per heavy atom. The van der Waals surface area contributed by atoms with E-state index in [0.29, 0.717) is 0 Å². The van der Waals surface area contributed by atoms with Gasteiger partial charge in [-0.1, -0.05) is 30.3 Å². The average Bonchev–Trinajstić information content (AvgIpc) is 2.83. The highest BCUT2D eigenvalue weighted by Gasteiger charge is 2.21. The van der Waals surface area contributed by atoms with E-state index in [-0.39, 0.29) is 0 Å². The molecular weight excluding hydrogens is 270 g/mol. The van der Waals surface area contributed by atoms with Gasteiger partial charge < -0.3 is 0 Å². The molecule has 2 heterocycles. The molecule has 0 N–H and O–H groups in total. The molecule has 3 nitrogen and oxygen atoms in total. The van der Waals surface area contributed by atoms with Crippen LogP contribution in [-0.2, 0) is 26.3 Å². The smallest absolute Gasteiger partial charge is 0.158 e. The fraction of sp³-hybridized carbons (Fsp3) is 0.368. The van der Waals surface area contributed by atoms with Crippen molar-refractivity contribution in [2.24, 2.45) is 7.05 Å². The van der Waals surface area contributed by atoms with Crippen molar-refractivity contribution in [3.05, 3.63) is 58.4 Å². The van der Waals surface area contributed by atoms with Crippen LogP contribution in [0, 0.1) is 6.92 Å². The number of aryl methyl sites for hydroxylation is 3. The molecule has 3 aromatic rings. The second kappa shape index (κ2) is 5.24. The van der Waals surface area contributed by atoms with Crippen molar-refractivity contribution in [2.45, 2.75) is 39.0 Å². The van der Waals surface area contributed by atoms with Crippen LogP contribution >= 0.6 is 0 Å². The molecule has 0 radical (unpaired) electrons.